The van der Waals surface area contributed by atoms with Crippen LogP contribution >= 0.6 is 11.6 Å². The quantitative estimate of drug-likeness (QED) is 0.641. The first-order chi connectivity index (χ1) is 11.4. The third-order valence-corrected chi connectivity index (χ3v) is 3.42. The highest BCUT2D eigenvalue weighted by Crippen LogP contribution is 2.15. The zero-order chi connectivity index (χ0) is 17.7. The largest absolute Gasteiger partial charge is 0.451 e. The van der Waals surface area contributed by atoms with E-state index in [-0.39, 0.29) is 11.3 Å². The zero-order valence-electron chi connectivity index (χ0n) is 12.8. The molecule has 0 aliphatic heterocycles. The number of anilines is 1. The summed E-state index contributed by atoms with van der Waals surface area (Å²) in [6.45, 7) is 1.50. The number of nitrogens with two attached hydrogens (primary N) is 1. The van der Waals surface area contributed by atoms with Crippen molar-refractivity contribution in [3.05, 3.63) is 64.7 Å². The van der Waals surface area contributed by atoms with Crippen LogP contribution in [0.5, 0.6) is 0 Å². The molecule has 2 aromatic carbocycles. The van der Waals surface area contributed by atoms with Crippen LogP contribution in [0.15, 0.2) is 48.5 Å². The number of hydrogen-bond acceptors (Lipinski definition) is 4. The molecule has 6 nitrogen and oxygen atoms in total. The number of hydrogen-bond donors (Lipinski definition) is 2. The smallest absolute Gasteiger partial charge is 0.338 e. The molecule has 0 saturated heterocycles. The highest BCUT2D eigenvalue weighted by atomic mass is 35.5. The van der Waals surface area contributed by atoms with Gasteiger partial charge >= 0.3 is 12.0 Å². The van der Waals surface area contributed by atoms with Gasteiger partial charge in [-0.2, -0.15) is 0 Å². The van der Waals surface area contributed by atoms with Gasteiger partial charge in [0.2, 0.25) is 5.78 Å². The van der Waals surface area contributed by atoms with Gasteiger partial charge in [0.25, 0.3) is 0 Å². The normalized spacial score (nSPS) is 11.4. The van der Waals surface area contributed by atoms with Crippen LogP contribution in [0.3, 0.4) is 0 Å². The monoisotopic (exact) mass is 346 g/mol. The Kier molecular flexibility index (Phi) is 5.55. The molecule has 0 fully saturated rings. The lowest BCUT2D eigenvalue weighted by atomic mass is 10.1. The number of urea groups is 1. The number of ketones is 1. The summed E-state index contributed by atoms with van der Waals surface area (Å²) in [5, 5.41) is 2.89. The van der Waals surface area contributed by atoms with E-state index >= 15 is 0 Å². The fourth-order valence-corrected chi connectivity index (χ4v) is 2.09. The van der Waals surface area contributed by atoms with Crippen LogP contribution in [0.25, 0.3) is 0 Å². The number of Topliss-reactive ketones (excluding diaryl/α,β-unsaturated/α-hetero) is 1. The molecule has 0 spiro atoms. The molecular formula is C17H15ClN2O4. The van der Waals surface area contributed by atoms with Gasteiger partial charge in [0.05, 0.1) is 5.56 Å². The third kappa shape index (κ3) is 4.57. The van der Waals surface area contributed by atoms with E-state index in [0.717, 1.165) is 0 Å². The number of esters is 1. The highest BCUT2D eigenvalue weighted by molar-refractivity contribution is 6.30. The maximum absolute atomic E-state index is 12.2. The molecule has 0 radical (unpaired) electrons. The molecule has 7 heteroatoms. The van der Waals surface area contributed by atoms with Crippen LogP contribution in [0.4, 0.5) is 10.5 Å². The van der Waals surface area contributed by atoms with Crippen LogP contribution in [0.1, 0.15) is 27.6 Å². The first-order valence-corrected chi connectivity index (χ1v) is 7.42. The molecule has 0 bridgehead atoms. The molecular weight excluding hydrogens is 332 g/mol. The molecule has 3 N–H and O–H groups in total. The summed E-state index contributed by atoms with van der Waals surface area (Å²) in [6, 6.07) is 11.6. The van der Waals surface area contributed by atoms with Gasteiger partial charge in [-0.05, 0) is 55.5 Å². The molecule has 0 aliphatic rings. The summed E-state index contributed by atoms with van der Waals surface area (Å²) in [5.74, 6) is -0.970. The Morgan fingerprint density at radius 1 is 1.00 bits per heavy atom. The van der Waals surface area contributed by atoms with Gasteiger partial charge in [0, 0.05) is 16.3 Å². The predicted octanol–water partition coefficient (Wildman–Crippen LogP) is 3.26. The van der Waals surface area contributed by atoms with Crippen molar-refractivity contribution in [1.29, 1.82) is 0 Å². The Bertz CT molecular complexity index is 757. The lowest BCUT2D eigenvalue weighted by Gasteiger charge is -2.12. The van der Waals surface area contributed by atoms with Crippen LogP contribution in [-0.4, -0.2) is 23.9 Å². The van der Waals surface area contributed by atoms with E-state index in [0.29, 0.717) is 16.3 Å². The van der Waals surface area contributed by atoms with E-state index in [1.54, 1.807) is 24.3 Å². The Labute approximate surface area is 143 Å². The maximum atomic E-state index is 12.2. The van der Waals surface area contributed by atoms with Gasteiger partial charge in [0.15, 0.2) is 6.10 Å². The fraction of sp³-hybridized carbons (Fsp3) is 0.118. The molecule has 2 amide bonds. The second kappa shape index (κ2) is 7.61. The van der Waals surface area contributed by atoms with Crippen LogP contribution in [-0.2, 0) is 4.74 Å². The van der Waals surface area contributed by atoms with Gasteiger partial charge in [-0.15, -0.1) is 0 Å². The summed E-state index contributed by atoms with van der Waals surface area (Å²) < 4.78 is 5.17. The predicted molar refractivity (Wildman–Crippen MR) is 90.3 cm³/mol. The lowest BCUT2D eigenvalue weighted by molar-refractivity contribution is 0.0319. The minimum atomic E-state index is -0.943. The Balaban J connectivity index is 2.01. The lowest BCUT2D eigenvalue weighted by Crippen LogP contribution is -2.24. The average Bonchev–Trinajstić information content (AvgIpc) is 2.55. The summed E-state index contributed by atoms with van der Waals surface area (Å²) >= 11 is 5.77. The van der Waals surface area contributed by atoms with Crippen LogP contribution < -0.4 is 11.1 Å². The molecule has 24 heavy (non-hydrogen) atoms. The maximum Gasteiger partial charge on any atom is 0.338 e. The molecule has 0 saturated carbocycles. The number of benzene rings is 2. The van der Waals surface area contributed by atoms with Crippen LogP contribution in [0, 0.1) is 0 Å². The number of ether oxygens (including phenoxy) is 1. The molecule has 124 valence electrons. The average molecular weight is 347 g/mol. The van der Waals surface area contributed by atoms with Crippen molar-refractivity contribution in [1.82, 2.24) is 0 Å². The molecule has 1 atom stereocenters. The van der Waals surface area contributed by atoms with Gasteiger partial charge in [-0.1, -0.05) is 11.6 Å². The van der Waals surface area contributed by atoms with Crippen molar-refractivity contribution in [3.63, 3.8) is 0 Å². The minimum absolute atomic E-state index is 0.251. The topological polar surface area (TPSA) is 98.5 Å². The Morgan fingerprint density at radius 3 is 2.08 bits per heavy atom. The van der Waals surface area contributed by atoms with E-state index in [2.05, 4.69) is 5.32 Å². The fourth-order valence-electron chi connectivity index (χ4n) is 1.96. The van der Waals surface area contributed by atoms with Gasteiger partial charge in [-0.25, -0.2) is 9.59 Å². The van der Waals surface area contributed by atoms with Gasteiger partial charge < -0.3 is 15.8 Å². The number of carbonyl (C=O) groups excluding carboxylic acids is 3. The van der Waals surface area contributed by atoms with E-state index in [4.69, 9.17) is 22.1 Å². The number of amides is 2. The standard InChI is InChI=1S/C17H15ClN2O4/c1-10(15(21)11-2-6-13(18)7-3-11)24-16(22)12-4-8-14(9-5-12)20-17(19)23/h2-10H,1H3,(H3,19,20,23). The van der Waals surface area contributed by atoms with Crippen molar-refractivity contribution in [3.8, 4) is 0 Å². The van der Waals surface area contributed by atoms with E-state index in [1.165, 1.54) is 31.2 Å². The number of carbonyl (C=O) groups is 3. The molecule has 2 aromatic rings. The first-order valence-electron chi connectivity index (χ1n) is 7.04. The van der Waals surface area contributed by atoms with Gasteiger partial charge in [0.1, 0.15) is 0 Å². The summed E-state index contributed by atoms with van der Waals surface area (Å²) in [4.78, 5) is 35.0. The molecule has 0 aliphatic carbocycles. The molecule has 0 aromatic heterocycles. The molecule has 0 heterocycles. The van der Waals surface area contributed by atoms with E-state index in [9.17, 15) is 14.4 Å². The summed E-state index contributed by atoms with van der Waals surface area (Å²) in [7, 11) is 0. The van der Waals surface area contributed by atoms with Gasteiger partial charge in [-0.3, -0.25) is 4.79 Å². The summed E-state index contributed by atoms with van der Waals surface area (Å²) in [5.41, 5.74) is 6.10. The van der Waals surface area contributed by atoms with Crippen molar-refractivity contribution in [2.24, 2.45) is 5.73 Å². The Hall–Kier alpha value is -2.86. The number of rotatable bonds is 5. The van der Waals surface area contributed by atoms with E-state index < -0.39 is 18.1 Å². The third-order valence-electron chi connectivity index (χ3n) is 3.17. The second-order valence-corrected chi connectivity index (χ2v) is 5.42. The van der Waals surface area contributed by atoms with E-state index in [1.807, 2.05) is 0 Å². The number of nitrogens with one attached hydrogen (secondary N) is 1. The zero-order valence-corrected chi connectivity index (χ0v) is 13.5. The van der Waals surface area contributed by atoms with Crippen molar-refractivity contribution in [2.75, 3.05) is 5.32 Å². The summed E-state index contributed by atoms with van der Waals surface area (Å²) in [6.07, 6.45) is -0.943. The van der Waals surface area contributed by atoms with Crippen molar-refractivity contribution >= 4 is 35.1 Å². The molecule has 1 unspecified atom stereocenters. The van der Waals surface area contributed by atoms with Crippen molar-refractivity contribution in [2.45, 2.75) is 13.0 Å². The number of halogens is 1. The van der Waals surface area contributed by atoms with Crippen molar-refractivity contribution < 1.29 is 19.1 Å². The SMILES string of the molecule is CC(OC(=O)c1ccc(NC(N)=O)cc1)C(=O)c1ccc(Cl)cc1. The highest BCUT2D eigenvalue weighted by Gasteiger charge is 2.20. The first kappa shape index (κ1) is 17.5. The van der Waals surface area contributed by atoms with Crippen LogP contribution in [0.2, 0.25) is 5.02 Å². The second-order valence-electron chi connectivity index (χ2n) is 4.99. The number of primary amides is 1. The Morgan fingerprint density at radius 2 is 1.54 bits per heavy atom. The molecule has 2 rings (SSSR count). The minimum Gasteiger partial charge on any atom is -0.451 e.